The maximum absolute atomic E-state index is 7.53. The first kappa shape index (κ1) is 21.1. The highest BCUT2D eigenvalue weighted by Crippen LogP contribution is 2.57. The van der Waals surface area contributed by atoms with Crippen molar-refractivity contribution in [2.24, 2.45) is 5.92 Å². The molecule has 0 aromatic rings. The van der Waals surface area contributed by atoms with E-state index >= 15 is 0 Å². The molecule has 0 saturated carbocycles. The van der Waals surface area contributed by atoms with Gasteiger partial charge in [0.25, 0.3) is 7.14 Å². The van der Waals surface area contributed by atoms with E-state index in [0.29, 0.717) is 5.92 Å². The van der Waals surface area contributed by atoms with Gasteiger partial charge in [0, 0.05) is 0 Å². The van der Waals surface area contributed by atoms with Gasteiger partial charge in [-0.1, -0.05) is 60.1 Å². The van der Waals surface area contributed by atoms with Gasteiger partial charge in [-0.2, -0.15) is 0 Å². The summed E-state index contributed by atoms with van der Waals surface area (Å²) in [4.78, 5) is 0. The Kier molecular flexibility index (Phi) is 6.30. The number of rotatable bonds is 6. The van der Waals surface area contributed by atoms with Crippen LogP contribution in [0.1, 0.15) is 20.8 Å². The van der Waals surface area contributed by atoms with E-state index in [0.717, 1.165) is 0 Å². The average Bonchev–Trinajstić information content (AvgIpc) is 2.09. The van der Waals surface area contributed by atoms with Gasteiger partial charge in [0.2, 0.25) is 0 Å². The second-order valence-electron chi connectivity index (χ2n) is 9.67. The highest BCUT2D eigenvalue weighted by molar-refractivity contribution is 7.60. The first-order valence-electron chi connectivity index (χ1n) is 7.79. The van der Waals surface area contributed by atoms with Crippen molar-refractivity contribution in [2.45, 2.75) is 84.4 Å². The van der Waals surface area contributed by atoms with Gasteiger partial charge in [0.1, 0.15) is 0 Å². The molecule has 2 unspecified atom stereocenters. The van der Waals surface area contributed by atoms with Gasteiger partial charge >= 0.3 is 0 Å². The normalized spacial score (nSPS) is 20.7. The van der Waals surface area contributed by atoms with Crippen LogP contribution in [0, 0.1) is 5.92 Å². The maximum atomic E-state index is 7.53. The van der Waals surface area contributed by atoms with Crippen molar-refractivity contribution in [3.05, 3.63) is 0 Å². The zero-order valence-corrected chi connectivity index (χ0v) is 20.6. The van der Waals surface area contributed by atoms with Crippen molar-refractivity contribution in [1.82, 2.24) is 0 Å². The Hall–Kier alpha value is 1.12. The molecule has 0 aromatic heterocycles. The molecule has 2 atom stereocenters. The lowest BCUT2D eigenvalue weighted by molar-refractivity contribution is 0.466. The Morgan fingerprint density at radius 1 is 0.850 bits per heavy atom. The van der Waals surface area contributed by atoms with E-state index < -0.39 is 31.1 Å². The number of halogens is 1. The van der Waals surface area contributed by atoms with Crippen molar-refractivity contribution < 1.29 is 4.12 Å². The third kappa shape index (κ3) is 3.90. The summed E-state index contributed by atoms with van der Waals surface area (Å²) >= 11 is 7.53. The van der Waals surface area contributed by atoms with Gasteiger partial charge in [0.05, 0.1) is 15.7 Å². The standard InChI is InChI=1S/C14H37ClOSi4/c1-13(2)14(3,17(4,5)6)20(15,19(10,11)12)16-18(7,8)9/h13H,1-12H3. The van der Waals surface area contributed by atoms with Crippen molar-refractivity contribution in [1.29, 1.82) is 0 Å². The molecule has 0 aromatic carbocycles. The summed E-state index contributed by atoms with van der Waals surface area (Å²) < 4.78 is 7.08. The van der Waals surface area contributed by atoms with E-state index in [1.54, 1.807) is 0 Å². The first-order chi connectivity index (χ1) is 8.40. The third-order valence-electron chi connectivity index (χ3n) is 4.79. The number of hydrogen-bond acceptors (Lipinski definition) is 1. The summed E-state index contributed by atoms with van der Waals surface area (Å²) in [5.41, 5.74) is 0. The summed E-state index contributed by atoms with van der Waals surface area (Å²) in [5, 5.41) is 0. The molecule has 1 nitrogen and oxygen atoms in total. The molecule has 0 rings (SSSR count). The maximum Gasteiger partial charge on any atom is 0.265 e. The lowest BCUT2D eigenvalue weighted by Gasteiger charge is -2.58. The lowest BCUT2D eigenvalue weighted by atomic mass is 10.1. The molecule has 0 aliphatic rings. The van der Waals surface area contributed by atoms with E-state index in [-0.39, 0.29) is 4.66 Å². The SMILES string of the molecule is CC(C)C(C)([Si](C)(C)C)[Si](Cl)(O[Si](C)(C)C)[Si](C)(C)C. The van der Waals surface area contributed by atoms with Crippen LogP contribution >= 0.6 is 11.1 Å². The summed E-state index contributed by atoms with van der Waals surface area (Å²) in [6.07, 6.45) is 0. The van der Waals surface area contributed by atoms with E-state index in [9.17, 15) is 0 Å². The molecule has 20 heavy (non-hydrogen) atoms. The molecule has 0 aliphatic carbocycles. The predicted molar refractivity (Wildman–Crippen MR) is 106 cm³/mol. The fourth-order valence-corrected chi connectivity index (χ4v) is 40.1. The van der Waals surface area contributed by atoms with Crippen molar-refractivity contribution in [2.75, 3.05) is 0 Å². The second kappa shape index (κ2) is 5.96. The van der Waals surface area contributed by atoms with Crippen molar-refractivity contribution in [3.63, 3.8) is 0 Å². The molecule has 0 radical (unpaired) electrons. The third-order valence-corrected chi connectivity index (χ3v) is 35.7. The van der Waals surface area contributed by atoms with Crippen molar-refractivity contribution in [3.8, 4) is 0 Å². The molecule has 0 spiro atoms. The van der Waals surface area contributed by atoms with Gasteiger partial charge in [-0.25, -0.2) is 0 Å². The van der Waals surface area contributed by atoms with Crippen LogP contribution in [0.25, 0.3) is 0 Å². The first-order valence-corrected chi connectivity index (χ1v) is 22.1. The van der Waals surface area contributed by atoms with E-state index in [1.807, 2.05) is 0 Å². The van der Waals surface area contributed by atoms with Gasteiger partial charge in [-0.3, -0.25) is 0 Å². The fourth-order valence-electron chi connectivity index (χ4n) is 3.18. The lowest BCUT2D eigenvalue weighted by Crippen LogP contribution is -2.72. The highest BCUT2D eigenvalue weighted by atomic mass is 35.6. The molecule has 0 aliphatic heterocycles. The Bertz CT molecular complexity index is 341. The molecule has 0 N–H and O–H groups in total. The van der Waals surface area contributed by atoms with E-state index in [1.165, 1.54) is 0 Å². The summed E-state index contributed by atoms with van der Waals surface area (Å²) in [5.74, 6) is 0.585. The minimum atomic E-state index is -2.30. The van der Waals surface area contributed by atoms with Crippen LogP contribution in [0.2, 0.25) is 63.6 Å². The summed E-state index contributed by atoms with van der Waals surface area (Å²) in [6, 6.07) is 0. The average molecular weight is 369 g/mol. The molecular weight excluding hydrogens is 332 g/mol. The quantitative estimate of drug-likeness (QED) is 0.398. The summed E-state index contributed by atoms with van der Waals surface area (Å²) in [6.45, 7) is 28.8. The van der Waals surface area contributed by atoms with Crippen LogP contribution < -0.4 is 0 Å². The zero-order valence-electron chi connectivity index (χ0n) is 15.9. The Morgan fingerprint density at radius 2 is 1.20 bits per heavy atom. The van der Waals surface area contributed by atoms with Crippen LogP contribution in [-0.2, 0) is 4.12 Å². The highest BCUT2D eigenvalue weighted by Gasteiger charge is 2.66. The predicted octanol–water partition coefficient (Wildman–Crippen LogP) is 6.23. The monoisotopic (exact) mass is 368 g/mol. The molecule has 0 bridgehead atoms. The molecule has 122 valence electrons. The molecule has 6 heteroatoms. The van der Waals surface area contributed by atoms with Crippen molar-refractivity contribution >= 4 is 42.2 Å². The fraction of sp³-hybridized carbons (Fsp3) is 1.00. The molecule has 0 fully saturated rings. The van der Waals surface area contributed by atoms with E-state index in [4.69, 9.17) is 15.2 Å². The Balaban J connectivity index is 6.24. The Morgan fingerprint density at radius 3 is 1.35 bits per heavy atom. The molecule has 0 saturated heterocycles. The minimum absolute atomic E-state index is 0.201. The van der Waals surface area contributed by atoms with Crippen LogP contribution in [0.4, 0.5) is 0 Å². The zero-order chi connectivity index (χ0) is 16.8. The van der Waals surface area contributed by atoms with Gasteiger partial charge < -0.3 is 4.12 Å². The van der Waals surface area contributed by atoms with Crippen LogP contribution in [-0.4, -0.2) is 31.1 Å². The van der Waals surface area contributed by atoms with Gasteiger partial charge in [-0.05, 0) is 30.2 Å². The largest absolute Gasteiger partial charge is 0.447 e. The smallest absolute Gasteiger partial charge is 0.265 e. The van der Waals surface area contributed by atoms with Crippen LogP contribution in [0.5, 0.6) is 0 Å². The van der Waals surface area contributed by atoms with Crippen LogP contribution in [0.15, 0.2) is 0 Å². The second-order valence-corrected chi connectivity index (χ2v) is 36.6. The minimum Gasteiger partial charge on any atom is -0.447 e. The van der Waals surface area contributed by atoms with E-state index in [2.05, 4.69) is 79.7 Å². The Labute approximate surface area is 136 Å². The molecular formula is C14H37ClOSi4. The molecule has 0 amide bonds. The van der Waals surface area contributed by atoms with Gasteiger partial charge in [-0.15, -0.1) is 11.1 Å². The van der Waals surface area contributed by atoms with Gasteiger partial charge in [0.15, 0.2) is 8.32 Å². The number of hydrogen-bond donors (Lipinski definition) is 0. The topological polar surface area (TPSA) is 9.23 Å². The summed E-state index contributed by atoms with van der Waals surface area (Å²) in [7, 11) is -6.99. The van der Waals surface area contributed by atoms with Crippen LogP contribution in [0.3, 0.4) is 0 Å². The molecule has 0 heterocycles.